The van der Waals surface area contributed by atoms with Crippen LogP contribution in [0.1, 0.15) is 18.1 Å². The van der Waals surface area contributed by atoms with Crippen molar-refractivity contribution in [2.24, 2.45) is 4.99 Å². The van der Waals surface area contributed by atoms with E-state index in [9.17, 15) is 4.79 Å². The Labute approximate surface area is 137 Å². The fourth-order valence-electron chi connectivity index (χ4n) is 2.13. The lowest BCUT2D eigenvalue weighted by atomic mass is 10.1. The summed E-state index contributed by atoms with van der Waals surface area (Å²) in [5, 5.41) is 3.24. The Balaban J connectivity index is 1.93. The molecule has 6 heteroatoms. The number of aliphatic imine (C=N–C) groups is 1. The highest BCUT2D eigenvalue weighted by molar-refractivity contribution is 8.18. The second kappa shape index (κ2) is 6.46. The number of benzene rings is 1. The maximum absolute atomic E-state index is 12.5. The molecule has 0 bridgehead atoms. The molecule has 0 atom stereocenters. The molecule has 1 aromatic heterocycles. The molecular formula is C16H15N3OS2. The van der Waals surface area contributed by atoms with Crippen molar-refractivity contribution in [1.29, 1.82) is 0 Å². The average molecular weight is 329 g/mol. The van der Waals surface area contributed by atoms with Gasteiger partial charge in [-0.25, -0.2) is 4.98 Å². The molecule has 0 N–H and O–H groups in total. The van der Waals surface area contributed by atoms with Gasteiger partial charge in [-0.2, -0.15) is 4.99 Å². The zero-order valence-electron chi connectivity index (χ0n) is 12.3. The number of rotatable bonds is 3. The molecule has 22 heavy (non-hydrogen) atoms. The number of aryl methyl sites for hydroxylation is 1. The zero-order valence-corrected chi connectivity index (χ0v) is 13.9. The Bertz CT molecular complexity index is 751. The first kappa shape index (κ1) is 15.0. The van der Waals surface area contributed by atoms with Gasteiger partial charge in [0, 0.05) is 18.1 Å². The molecule has 0 radical (unpaired) electrons. The van der Waals surface area contributed by atoms with E-state index in [2.05, 4.69) is 16.0 Å². The van der Waals surface area contributed by atoms with Gasteiger partial charge in [0.15, 0.2) is 5.17 Å². The number of thioether (sulfide) groups is 1. The quantitative estimate of drug-likeness (QED) is 0.797. The van der Waals surface area contributed by atoms with Gasteiger partial charge < -0.3 is 0 Å². The highest BCUT2D eigenvalue weighted by Crippen LogP contribution is 2.34. The smallest absolute Gasteiger partial charge is 0.266 e. The summed E-state index contributed by atoms with van der Waals surface area (Å²) >= 11 is 2.87. The minimum Gasteiger partial charge on any atom is -0.287 e. The Hall–Kier alpha value is -1.92. The third kappa shape index (κ3) is 3.13. The van der Waals surface area contributed by atoms with Crippen LogP contribution in [0.5, 0.6) is 0 Å². The number of nitrogens with zero attached hydrogens (tertiary/aromatic N) is 3. The number of carbonyl (C=O) groups excluding carboxylic acids is 1. The number of likely N-dealkylation sites (N-methyl/N-ethyl adjacent to an activating group) is 1. The molecule has 1 aliphatic heterocycles. The highest BCUT2D eigenvalue weighted by Gasteiger charge is 2.32. The summed E-state index contributed by atoms with van der Waals surface area (Å²) in [5.74, 6) is 0.00399. The first-order valence-electron chi connectivity index (χ1n) is 6.93. The summed E-state index contributed by atoms with van der Waals surface area (Å²) in [4.78, 5) is 23.5. The van der Waals surface area contributed by atoms with Crippen LogP contribution in [-0.4, -0.2) is 27.5 Å². The number of amidine groups is 1. The standard InChI is InChI=1S/C16H15N3OS2/c1-3-19-14(20)13(10-12-6-4-5-11(2)9-12)22-16(19)18-15-17-7-8-21-15/h4-10H,3H2,1-2H3/b13-10-,18-16+. The van der Waals surface area contributed by atoms with Crippen molar-refractivity contribution in [1.82, 2.24) is 9.88 Å². The topological polar surface area (TPSA) is 45.6 Å². The summed E-state index contributed by atoms with van der Waals surface area (Å²) in [6.07, 6.45) is 3.64. The highest BCUT2D eigenvalue weighted by atomic mass is 32.2. The summed E-state index contributed by atoms with van der Waals surface area (Å²) in [5.41, 5.74) is 2.20. The minimum atomic E-state index is 0.00399. The predicted molar refractivity (Wildman–Crippen MR) is 93.3 cm³/mol. The number of amides is 1. The molecule has 0 aliphatic carbocycles. The van der Waals surface area contributed by atoms with E-state index in [1.807, 2.05) is 43.5 Å². The van der Waals surface area contributed by atoms with Gasteiger partial charge in [-0.05, 0) is 37.2 Å². The third-order valence-corrected chi connectivity index (χ3v) is 4.83. The van der Waals surface area contributed by atoms with Crippen molar-refractivity contribution in [2.75, 3.05) is 6.54 Å². The molecular weight excluding hydrogens is 314 g/mol. The molecule has 0 saturated carbocycles. The van der Waals surface area contributed by atoms with E-state index in [-0.39, 0.29) is 5.91 Å². The van der Waals surface area contributed by atoms with Gasteiger partial charge in [-0.15, -0.1) is 11.3 Å². The van der Waals surface area contributed by atoms with Crippen molar-refractivity contribution in [2.45, 2.75) is 13.8 Å². The fraction of sp³-hybridized carbons (Fsp3) is 0.188. The number of thiazole rings is 1. The largest absolute Gasteiger partial charge is 0.287 e. The zero-order chi connectivity index (χ0) is 15.5. The Kier molecular flexibility index (Phi) is 4.40. The van der Waals surface area contributed by atoms with Gasteiger partial charge in [0.1, 0.15) is 0 Å². The van der Waals surface area contributed by atoms with Gasteiger partial charge in [0.25, 0.3) is 5.91 Å². The summed E-state index contributed by atoms with van der Waals surface area (Å²) in [6, 6.07) is 8.10. The Morgan fingerprint density at radius 1 is 1.41 bits per heavy atom. The lowest BCUT2D eigenvalue weighted by molar-refractivity contribution is -0.122. The van der Waals surface area contributed by atoms with Gasteiger partial charge in [-0.3, -0.25) is 9.69 Å². The van der Waals surface area contributed by atoms with E-state index < -0.39 is 0 Å². The number of carbonyl (C=O) groups is 1. The van der Waals surface area contributed by atoms with Crippen LogP contribution >= 0.6 is 23.1 Å². The second-order valence-corrected chi connectivity index (χ2v) is 6.67. The third-order valence-electron chi connectivity index (χ3n) is 3.15. The number of aromatic nitrogens is 1. The van der Waals surface area contributed by atoms with Gasteiger partial charge in [0.2, 0.25) is 5.13 Å². The molecule has 0 unspecified atom stereocenters. The van der Waals surface area contributed by atoms with E-state index in [1.165, 1.54) is 28.7 Å². The van der Waals surface area contributed by atoms with Crippen molar-refractivity contribution in [3.05, 3.63) is 51.9 Å². The van der Waals surface area contributed by atoms with E-state index in [4.69, 9.17) is 0 Å². The lowest BCUT2D eigenvalue weighted by Gasteiger charge is -2.11. The molecule has 1 saturated heterocycles. The number of hydrogen-bond acceptors (Lipinski definition) is 5. The Morgan fingerprint density at radius 3 is 2.95 bits per heavy atom. The van der Waals surface area contributed by atoms with E-state index in [1.54, 1.807) is 11.1 Å². The molecule has 1 fully saturated rings. The molecule has 1 amide bonds. The van der Waals surface area contributed by atoms with Crippen LogP contribution in [0.25, 0.3) is 6.08 Å². The molecule has 2 aromatic rings. The monoisotopic (exact) mass is 329 g/mol. The van der Waals surface area contributed by atoms with E-state index >= 15 is 0 Å². The van der Waals surface area contributed by atoms with Crippen molar-refractivity contribution in [3.63, 3.8) is 0 Å². The summed E-state index contributed by atoms with van der Waals surface area (Å²) in [7, 11) is 0. The molecule has 2 heterocycles. The fourth-order valence-corrected chi connectivity index (χ4v) is 3.74. The van der Waals surface area contributed by atoms with Crippen LogP contribution in [0.4, 0.5) is 5.13 Å². The van der Waals surface area contributed by atoms with Crippen LogP contribution in [0.2, 0.25) is 0 Å². The molecule has 4 nitrogen and oxygen atoms in total. The molecule has 112 valence electrons. The normalized spacial score (nSPS) is 18.6. The summed E-state index contributed by atoms with van der Waals surface area (Å²) in [6.45, 7) is 4.59. The minimum absolute atomic E-state index is 0.00399. The molecule has 0 spiro atoms. The first-order chi connectivity index (χ1) is 10.7. The average Bonchev–Trinajstić information content (AvgIpc) is 3.09. The molecule has 1 aliphatic rings. The van der Waals surface area contributed by atoms with Gasteiger partial charge >= 0.3 is 0 Å². The maximum atomic E-state index is 12.5. The van der Waals surface area contributed by atoms with Gasteiger partial charge in [-0.1, -0.05) is 29.8 Å². The van der Waals surface area contributed by atoms with E-state index in [0.29, 0.717) is 21.7 Å². The SMILES string of the molecule is CCN1C(=O)/C(=C/c2cccc(C)c2)S/C1=N/c1nccs1. The van der Waals surface area contributed by atoms with Crippen LogP contribution in [0.15, 0.2) is 45.7 Å². The van der Waals surface area contributed by atoms with Crippen LogP contribution in [-0.2, 0) is 4.79 Å². The molecule has 3 rings (SSSR count). The van der Waals surface area contributed by atoms with Crippen LogP contribution in [0, 0.1) is 6.92 Å². The van der Waals surface area contributed by atoms with Crippen LogP contribution < -0.4 is 0 Å². The van der Waals surface area contributed by atoms with Gasteiger partial charge in [0.05, 0.1) is 4.91 Å². The maximum Gasteiger partial charge on any atom is 0.266 e. The van der Waals surface area contributed by atoms with Crippen molar-refractivity contribution in [3.8, 4) is 0 Å². The van der Waals surface area contributed by atoms with Crippen molar-refractivity contribution < 1.29 is 4.79 Å². The number of hydrogen-bond donors (Lipinski definition) is 0. The predicted octanol–water partition coefficient (Wildman–Crippen LogP) is 4.08. The summed E-state index contributed by atoms with van der Waals surface area (Å²) < 4.78 is 0. The molecule has 1 aromatic carbocycles. The van der Waals surface area contributed by atoms with E-state index in [0.717, 1.165) is 5.56 Å². The Morgan fingerprint density at radius 2 is 2.27 bits per heavy atom. The lowest BCUT2D eigenvalue weighted by Crippen LogP contribution is -2.28. The van der Waals surface area contributed by atoms with Crippen LogP contribution in [0.3, 0.4) is 0 Å². The second-order valence-electron chi connectivity index (χ2n) is 4.78. The first-order valence-corrected chi connectivity index (χ1v) is 8.63. The van der Waals surface area contributed by atoms with Crippen molar-refractivity contribution >= 4 is 45.4 Å².